The highest BCUT2D eigenvalue weighted by Gasteiger charge is 2.21. The van der Waals surface area contributed by atoms with Gasteiger partial charge in [0, 0.05) is 22.5 Å². The minimum Gasteiger partial charge on any atom is -0.382 e. The Morgan fingerprint density at radius 1 is 1.05 bits per heavy atom. The van der Waals surface area contributed by atoms with Crippen LogP contribution in [-0.4, -0.2) is 6.04 Å². The van der Waals surface area contributed by atoms with Crippen molar-refractivity contribution in [2.45, 2.75) is 38.6 Å². The first-order valence-electron chi connectivity index (χ1n) is 7.48. The Bertz CT molecular complexity index is 654. The normalized spacial score (nSPS) is 22.4. The lowest BCUT2D eigenvalue weighted by Crippen LogP contribution is -2.30. The molecule has 0 radical (unpaired) electrons. The minimum absolute atomic E-state index is 0.556. The molecule has 1 saturated carbocycles. The third-order valence-corrected chi connectivity index (χ3v) is 4.50. The summed E-state index contributed by atoms with van der Waals surface area (Å²) in [5.74, 6) is 0.721. The molecule has 3 rings (SSSR count). The van der Waals surface area contributed by atoms with E-state index < -0.39 is 0 Å². The second kappa shape index (κ2) is 5.54. The lowest BCUT2D eigenvalue weighted by Gasteiger charge is -2.30. The summed E-state index contributed by atoms with van der Waals surface area (Å²) in [6, 6.07) is 15.0. The van der Waals surface area contributed by atoms with Crippen LogP contribution in [-0.2, 0) is 0 Å². The standard InChI is InChI=1S/C18H20N2/c1-13-6-2-5-9-17(13)20-18-11-10-14(12-19)15-7-3-4-8-16(15)18/h3-4,7-8,10-11,13,17,20H,2,5-6,9H2,1H3. The van der Waals surface area contributed by atoms with Gasteiger partial charge < -0.3 is 5.32 Å². The second-order valence-electron chi connectivity index (χ2n) is 5.83. The minimum atomic E-state index is 0.556. The van der Waals surface area contributed by atoms with Crippen LogP contribution in [0.15, 0.2) is 36.4 Å². The number of benzene rings is 2. The monoisotopic (exact) mass is 264 g/mol. The van der Waals surface area contributed by atoms with Gasteiger partial charge in [-0.15, -0.1) is 0 Å². The molecule has 0 saturated heterocycles. The van der Waals surface area contributed by atoms with Crippen LogP contribution < -0.4 is 5.32 Å². The molecule has 2 heteroatoms. The molecule has 20 heavy (non-hydrogen) atoms. The lowest BCUT2D eigenvalue weighted by atomic mass is 9.85. The Morgan fingerprint density at radius 2 is 1.80 bits per heavy atom. The highest BCUT2D eigenvalue weighted by atomic mass is 14.9. The van der Waals surface area contributed by atoms with E-state index in [4.69, 9.17) is 0 Å². The van der Waals surface area contributed by atoms with E-state index in [1.165, 1.54) is 31.4 Å². The topological polar surface area (TPSA) is 35.8 Å². The Labute approximate surface area is 120 Å². The molecule has 0 heterocycles. The van der Waals surface area contributed by atoms with Crippen molar-refractivity contribution in [3.63, 3.8) is 0 Å². The van der Waals surface area contributed by atoms with Crippen molar-refractivity contribution in [1.29, 1.82) is 5.26 Å². The molecule has 0 spiro atoms. The molecule has 2 aromatic rings. The maximum Gasteiger partial charge on any atom is 0.0998 e. The summed E-state index contributed by atoms with van der Waals surface area (Å²) in [6.07, 6.45) is 5.23. The van der Waals surface area contributed by atoms with Crippen molar-refractivity contribution in [2.75, 3.05) is 5.32 Å². The van der Waals surface area contributed by atoms with Gasteiger partial charge >= 0.3 is 0 Å². The van der Waals surface area contributed by atoms with Gasteiger partial charge in [0.05, 0.1) is 11.6 Å². The molecule has 0 aliphatic heterocycles. The van der Waals surface area contributed by atoms with Gasteiger partial charge in [0.15, 0.2) is 0 Å². The smallest absolute Gasteiger partial charge is 0.0998 e. The Balaban J connectivity index is 1.98. The molecule has 1 aliphatic rings. The summed E-state index contributed by atoms with van der Waals surface area (Å²) in [6.45, 7) is 2.34. The van der Waals surface area contributed by atoms with E-state index in [0.29, 0.717) is 6.04 Å². The Kier molecular flexibility index (Phi) is 3.60. The van der Waals surface area contributed by atoms with E-state index in [0.717, 1.165) is 22.3 Å². The van der Waals surface area contributed by atoms with Gasteiger partial charge in [0.25, 0.3) is 0 Å². The molecule has 102 valence electrons. The zero-order chi connectivity index (χ0) is 13.9. The summed E-state index contributed by atoms with van der Waals surface area (Å²) in [5, 5.41) is 15.1. The predicted octanol–water partition coefficient (Wildman–Crippen LogP) is 4.70. The van der Waals surface area contributed by atoms with Gasteiger partial charge in [-0.25, -0.2) is 0 Å². The van der Waals surface area contributed by atoms with Gasteiger partial charge in [-0.2, -0.15) is 5.26 Å². The van der Waals surface area contributed by atoms with Crippen LogP contribution in [0.3, 0.4) is 0 Å². The molecule has 2 atom stereocenters. The average Bonchev–Trinajstić information content (AvgIpc) is 2.50. The van der Waals surface area contributed by atoms with E-state index >= 15 is 0 Å². The van der Waals surface area contributed by atoms with Crippen LogP contribution in [0.5, 0.6) is 0 Å². The van der Waals surface area contributed by atoms with Crippen LogP contribution in [0, 0.1) is 17.2 Å². The highest BCUT2D eigenvalue weighted by Crippen LogP contribution is 2.31. The number of nitriles is 1. The average molecular weight is 264 g/mol. The number of hydrogen-bond acceptors (Lipinski definition) is 2. The van der Waals surface area contributed by atoms with Gasteiger partial charge in [-0.05, 0) is 30.9 Å². The van der Waals surface area contributed by atoms with Crippen molar-refractivity contribution in [1.82, 2.24) is 0 Å². The molecule has 2 aromatic carbocycles. The molecular formula is C18H20N2. The van der Waals surface area contributed by atoms with Crippen molar-refractivity contribution in [3.8, 4) is 6.07 Å². The number of anilines is 1. The first-order valence-corrected chi connectivity index (χ1v) is 7.48. The van der Waals surface area contributed by atoms with Crippen LogP contribution in [0.1, 0.15) is 38.2 Å². The van der Waals surface area contributed by atoms with Crippen LogP contribution in [0.25, 0.3) is 10.8 Å². The maximum absolute atomic E-state index is 9.22. The summed E-state index contributed by atoms with van der Waals surface area (Å²) < 4.78 is 0. The Hall–Kier alpha value is -2.01. The van der Waals surface area contributed by atoms with Crippen molar-refractivity contribution < 1.29 is 0 Å². The first kappa shape index (κ1) is 13.0. The lowest BCUT2D eigenvalue weighted by molar-refractivity contribution is 0.350. The van der Waals surface area contributed by atoms with Crippen LogP contribution in [0.4, 0.5) is 5.69 Å². The zero-order valence-electron chi connectivity index (χ0n) is 11.9. The molecular weight excluding hydrogens is 244 g/mol. The third kappa shape index (κ3) is 2.36. The van der Waals surface area contributed by atoms with E-state index in [-0.39, 0.29) is 0 Å². The molecule has 0 bridgehead atoms. The van der Waals surface area contributed by atoms with Crippen molar-refractivity contribution in [2.24, 2.45) is 5.92 Å². The molecule has 2 unspecified atom stereocenters. The number of rotatable bonds is 2. The fourth-order valence-corrected chi connectivity index (χ4v) is 3.25. The maximum atomic E-state index is 9.22. The molecule has 1 aliphatic carbocycles. The summed E-state index contributed by atoms with van der Waals surface area (Å²) in [5.41, 5.74) is 1.92. The van der Waals surface area contributed by atoms with Crippen molar-refractivity contribution >= 4 is 16.5 Å². The Morgan fingerprint density at radius 3 is 2.55 bits per heavy atom. The van der Waals surface area contributed by atoms with Gasteiger partial charge in [-0.3, -0.25) is 0 Å². The second-order valence-corrected chi connectivity index (χ2v) is 5.83. The largest absolute Gasteiger partial charge is 0.382 e. The molecule has 0 aromatic heterocycles. The fourth-order valence-electron chi connectivity index (χ4n) is 3.25. The number of nitrogens with zero attached hydrogens (tertiary/aromatic N) is 1. The van der Waals surface area contributed by atoms with Gasteiger partial charge in [-0.1, -0.05) is 44.0 Å². The SMILES string of the molecule is CC1CCCCC1Nc1ccc(C#N)c2ccccc12. The summed E-state index contributed by atoms with van der Waals surface area (Å²) >= 11 is 0. The van der Waals surface area contributed by atoms with E-state index in [9.17, 15) is 5.26 Å². The molecule has 0 amide bonds. The fraction of sp³-hybridized carbons (Fsp3) is 0.389. The molecule has 2 nitrogen and oxygen atoms in total. The third-order valence-electron chi connectivity index (χ3n) is 4.50. The highest BCUT2D eigenvalue weighted by molar-refractivity contribution is 5.97. The van der Waals surface area contributed by atoms with Gasteiger partial charge in [0.1, 0.15) is 0 Å². The summed E-state index contributed by atoms with van der Waals surface area (Å²) in [4.78, 5) is 0. The zero-order valence-corrected chi connectivity index (χ0v) is 11.9. The number of hydrogen-bond donors (Lipinski definition) is 1. The van der Waals surface area contributed by atoms with Crippen LogP contribution in [0.2, 0.25) is 0 Å². The van der Waals surface area contributed by atoms with E-state index in [2.05, 4.69) is 30.4 Å². The van der Waals surface area contributed by atoms with E-state index in [1.807, 2.05) is 24.3 Å². The van der Waals surface area contributed by atoms with E-state index in [1.54, 1.807) is 0 Å². The van der Waals surface area contributed by atoms with Crippen molar-refractivity contribution in [3.05, 3.63) is 42.0 Å². The predicted molar refractivity (Wildman–Crippen MR) is 83.7 cm³/mol. The molecule has 1 fully saturated rings. The van der Waals surface area contributed by atoms with Crippen LogP contribution >= 0.6 is 0 Å². The quantitative estimate of drug-likeness (QED) is 0.853. The summed E-state index contributed by atoms with van der Waals surface area (Å²) in [7, 11) is 0. The number of nitrogens with one attached hydrogen (secondary N) is 1. The van der Waals surface area contributed by atoms with Gasteiger partial charge in [0.2, 0.25) is 0 Å². The first-order chi connectivity index (χ1) is 9.79. The number of fused-ring (bicyclic) bond motifs is 1. The molecule has 1 N–H and O–H groups in total.